The summed E-state index contributed by atoms with van der Waals surface area (Å²) in [7, 11) is 1.59. The summed E-state index contributed by atoms with van der Waals surface area (Å²) in [5.74, 6) is 1.09. The van der Waals surface area contributed by atoms with Crippen LogP contribution in [0.2, 0.25) is 5.02 Å². The Labute approximate surface area is 244 Å². The number of piperazine rings is 1. The van der Waals surface area contributed by atoms with Gasteiger partial charge in [-0.15, -0.1) is 0 Å². The van der Waals surface area contributed by atoms with Crippen LogP contribution >= 0.6 is 11.6 Å². The van der Waals surface area contributed by atoms with Crippen LogP contribution in [-0.2, 0) is 4.79 Å². The van der Waals surface area contributed by atoms with Crippen molar-refractivity contribution in [3.8, 4) is 17.4 Å². The summed E-state index contributed by atoms with van der Waals surface area (Å²) in [6, 6.07) is 12.6. The number of carbonyl (C=O) groups is 2. The maximum absolute atomic E-state index is 12.5. The molecule has 1 aromatic heterocycles. The minimum absolute atomic E-state index is 0.0484. The zero-order valence-corrected chi connectivity index (χ0v) is 24.3. The number of ether oxygens (including phenoxy) is 2. The van der Waals surface area contributed by atoms with Gasteiger partial charge in [-0.2, -0.15) is 4.98 Å². The summed E-state index contributed by atoms with van der Waals surface area (Å²) in [5, 5.41) is 9.08. The number of nitrogens with one attached hydrogen (secondary N) is 3. The van der Waals surface area contributed by atoms with Crippen molar-refractivity contribution in [2.24, 2.45) is 0 Å². The van der Waals surface area contributed by atoms with Gasteiger partial charge in [0, 0.05) is 55.2 Å². The number of nitrogens with zero attached hydrogens (tertiary/aromatic N) is 4. The number of anilines is 4. The van der Waals surface area contributed by atoms with Gasteiger partial charge in [0.1, 0.15) is 16.5 Å². The maximum Gasteiger partial charge on any atom is 0.317 e. The molecular weight excluding hydrogens is 546 g/mol. The first-order chi connectivity index (χ1) is 19.5. The van der Waals surface area contributed by atoms with E-state index in [2.05, 4.69) is 37.4 Å². The predicted molar refractivity (Wildman–Crippen MR) is 161 cm³/mol. The first kappa shape index (κ1) is 29.5. The molecule has 1 aliphatic heterocycles. The summed E-state index contributed by atoms with van der Waals surface area (Å²) >= 11 is 6.30. The van der Waals surface area contributed by atoms with E-state index in [0.717, 1.165) is 5.69 Å². The molecule has 2 heterocycles. The molecule has 1 saturated heterocycles. The van der Waals surface area contributed by atoms with Crippen molar-refractivity contribution in [2.75, 3.05) is 48.8 Å². The normalized spacial score (nSPS) is 13.3. The lowest BCUT2D eigenvalue weighted by Crippen LogP contribution is -2.55. The standard InChI is InChI=1S/C29H34ClN7O4/c1-6-25(38)32-19-8-7-9-21(16-19)41-26-22(30)18-31-27(34-26)33-23-11-10-20(17-24(23)40-5)36-12-14-37(15-13-36)28(39)35-29(2,3)4/h6-11,16-18H,1,12-15H2,2-5H3,(H,32,38)(H,35,39)(H,31,33,34). The molecule has 3 N–H and O–H groups in total. The molecule has 0 saturated carbocycles. The van der Waals surface area contributed by atoms with E-state index >= 15 is 0 Å². The van der Waals surface area contributed by atoms with Crippen molar-refractivity contribution >= 4 is 46.5 Å². The number of amides is 3. The first-order valence-electron chi connectivity index (χ1n) is 13.1. The molecule has 0 atom stereocenters. The van der Waals surface area contributed by atoms with Gasteiger partial charge in [-0.05, 0) is 51.1 Å². The van der Waals surface area contributed by atoms with E-state index in [1.165, 1.54) is 12.3 Å². The lowest BCUT2D eigenvalue weighted by atomic mass is 10.1. The summed E-state index contributed by atoms with van der Waals surface area (Å²) in [4.78, 5) is 36.9. The monoisotopic (exact) mass is 579 g/mol. The second-order valence-electron chi connectivity index (χ2n) is 10.3. The predicted octanol–water partition coefficient (Wildman–Crippen LogP) is 5.43. The highest BCUT2D eigenvalue weighted by Gasteiger charge is 2.24. The number of methoxy groups -OCH3 is 1. The Kier molecular flexibility index (Phi) is 9.18. The molecule has 3 amide bonds. The van der Waals surface area contributed by atoms with Crippen molar-refractivity contribution in [3.63, 3.8) is 0 Å². The molecule has 2 aromatic carbocycles. The van der Waals surface area contributed by atoms with Crippen LogP contribution in [0.3, 0.4) is 0 Å². The number of rotatable bonds is 8. The van der Waals surface area contributed by atoms with E-state index in [9.17, 15) is 9.59 Å². The Hall–Kier alpha value is -4.51. The highest BCUT2D eigenvalue weighted by Crippen LogP contribution is 2.34. The van der Waals surface area contributed by atoms with Crippen LogP contribution in [0.15, 0.2) is 61.3 Å². The molecule has 1 aliphatic rings. The second-order valence-corrected chi connectivity index (χ2v) is 10.7. The minimum atomic E-state index is -0.334. The Morgan fingerprint density at radius 2 is 1.85 bits per heavy atom. The quantitative estimate of drug-likeness (QED) is 0.302. The molecule has 11 nitrogen and oxygen atoms in total. The fourth-order valence-electron chi connectivity index (χ4n) is 4.09. The van der Waals surface area contributed by atoms with Gasteiger partial charge in [-0.25, -0.2) is 9.78 Å². The van der Waals surface area contributed by atoms with Crippen LogP contribution in [0.5, 0.6) is 17.4 Å². The maximum atomic E-state index is 12.5. The first-order valence-corrected chi connectivity index (χ1v) is 13.4. The van der Waals surface area contributed by atoms with Crippen LogP contribution in [0.4, 0.5) is 27.8 Å². The van der Waals surface area contributed by atoms with Crippen LogP contribution in [0.1, 0.15) is 20.8 Å². The molecule has 0 bridgehead atoms. The molecule has 12 heteroatoms. The lowest BCUT2D eigenvalue weighted by molar-refractivity contribution is -0.111. The van der Waals surface area contributed by atoms with Crippen molar-refractivity contribution in [3.05, 3.63) is 66.3 Å². The zero-order chi connectivity index (χ0) is 29.6. The molecule has 1 fully saturated rings. The van der Waals surface area contributed by atoms with Crippen LogP contribution in [0.25, 0.3) is 0 Å². The molecule has 41 heavy (non-hydrogen) atoms. The van der Waals surface area contributed by atoms with E-state index in [0.29, 0.717) is 49.1 Å². The largest absolute Gasteiger partial charge is 0.494 e. The highest BCUT2D eigenvalue weighted by atomic mass is 35.5. The van der Waals surface area contributed by atoms with Gasteiger partial charge in [0.2, 0.25) is 17.7 Å². The fraction of sp³-hybridized carbons (Fsp3) is 0.310. The van der Waals surface area contributed by atoms with E-state index in [1.54, 1.807) is 31.4 Å². The topological polar surface area (TPSA) is 121 Å². The zero-order valence-electron chi connectivity index (χ0n) is 23.5. The van der Waals surface area contributed by atoms with Crippen molar-refractivity contribution in [2.45, 2.75) is 26.3 Å². The van der Waals surface area contributed by atoms with Gasteiger partial charge >= 0.3 is 6.03 Å². The molecule has 0 spiro atoms. The van der Waals surface area contributed by atoms with Crippen molar-refractivity contribution in [1.82, 2.24) is 20.2 Å². The third-order valence-corrected chi connectivity index (χ3v) is 6.32. The van der Waals surface area contributed by atoms with Gasteiger partial charge in [0.25, 0.3) is 0 Å². The molecule has 3 aromatic rings. The fourth-order valence-corrected chi connectivity index (χ4v) is 4.22. The Morgan fingerprint density at radius 1 is 1.10 bits per heavy atom. The van der Waals surface area contributed by atoms with Gasteiger partial charge in [-0.3, -0.25) is 4.79 Å². The third-order valence-electron chi connectivity index (χ3n) is 6.06. The Bertz CT molecular complexity index is 1420. The van der Waals surface area contributed by atoms with Gasteiger partial charge in [0.05, 0.1) is 19.0 Å². The summed E-state index contributed by atoms with van der Waals surface area (Å²) in [5.41, 5.74) is 1.89. The van der Waals surface area contributed by atoms with Crippen LogP contribution < -0.4 is 30.3 Å². The summed E-state index contributed by atoms with van der Waals surface area (Å²) < 4.78 is 11.5. The lowest BCUT2D eigenvalue weighted by Gasteiger charge is -2.37. The van der Waals surface area contributed by atoms with E-state index in [-0.39, 0.29) is 34.3 Å². The van der Waals surface area contributed by atoms with Crippen molar-refractivity contribution < 1.29 is 19.1 Å². The van der Waals surface area contributed by atoms with Gasteiger partial charge in [-0.1, -0.05) is 24.2 Å². The number of benzene rings is 2. The summed E-state index contributed by atoms with van der Waals surface area (Å²) in [6.45, 7) is 12.0. The minimum Gasteiger partial charge on any atom is -0.494 e. The number of carbonyl (C=O) groups excluding carboxylic acids is 2. The smallest absolute Gasteiger partial charge is 0.317 e. The van der Waals surface area contributed by atoms with E-state index < -0.39 is 0 Å². The Morgan fingerprint density at radius 3 is 2.54 bits per heavy atom. The molecule has 4 rings (SSSR count). The SMILES string of the molecule is C=CC(=O)Nc1cccc(Oc2nc(Nc3ccc(N4CCN(C(=O)NC(C)(C)C)CC4)cc3OC)ncc2Cl)c1. The van der Waals surface area contributed by atoms with Gasteiger partial charge in [0.15, 0.2) is 0 Å². The molecule has 0 radical (unpaired) electrons. The molecular formula is C29H34ClN7O4. The van der Waals surface area contributed by atoms with E-state index in [1.807, 2.05) is 43.9 Å². The van der Waals surface area contributed by atoms with Crippen molar-refractivity contribution in [1.29, 1.82) is 0 Å². The average molecular weight is 580 g/mol. The number of hydrogen-bond donors (Lipinski definition) is 3. The van der Waals surface area contributed by atoms with E-state index in [4.69, 9.17) is 21.1 Å². The van der Waals surface area contributed by atoms with Gasteiger partial charge < -0.3 is 35.2 Å². The van der Waals surface area contributed by atoms with Crippen LogP contribution in [-0.4, -0.2) is 65.6 Å². The molecule has 216 valence electrons. The average Bonchev–Trinajstić information content (AvgIpc) is 2.94. The highest BCUT2D eigenvalue weighted by molar-refractivity contribution is 6.31. The third kappa shape index (κ3) is 8.01. The second kappa shape index (κ2) is 12.8. The summed E-state index contributed by atoms with van der Waals surface area (Å²) in [6.07, 6.45) is 2.62. The van der Waals surface area contributed by atoms with Crippen LogP contribution in [0, 0.1) is 0 Å². The molecule has 0 aliphatic carbocycles. The number of halogens is 1. The molecule has 0 unspecified atom stereocenters. The Balaban J connectivity index is 1.43. The number of hydrogen-bond acceptors (Lipinski definition) is 8. The number of urea groups is 1. The number of aromatic nitrogens is 2.